The lowest BCUT2D eigenvalue weighted by Gasteiger charge is -2.15. The summed E-state index contributed by atoms with van der Waals surface area (Å²) >= 11 is 6.32. The molecule has 0 saturated heterocycles. The number of tetrazole rings is 1. The Morgan fingerprint density at radius 2 is 2.03 bits per heavy atom. The predicted octanol–water partition coefficient (Wildman–Crippen LogP) is 3.22. The van der Waals surface area contributed by atoms with Gasteiger partial charge in [0.05, 0.1) is 33.6 Å². The van der Waals surface area contributed by atoms with Crippen molar-refractivity contribution in [3.8, 4) is 11.9 Å². The monoisotopic (exact) mass is 552 g/mol. The molecule has 2 N–H and O–H groups in total. The van der Waals surface area contributed by atoms with E-state index in [-0.39, 0.29) is 51.6 Å². The smallest absolute Gasteiger partial charge is 0.301 e. The Labute approximate surface area is 224 Å². The first-order valence-corrected chi connectivity index (χ1v) is 12.0. The second kappa shape index (κ2) is 10.5. The van der Waals surface area contributed by atoms with Crippen molar-refractivity contribution >= 4 is 29.1 Å². The molecular weight excluding hydrogens is 534 g/mol. The number of nitrogens with zero attached hydrogens (tertiary/aromatic N) is 8. The van der Waals surface area contributed by atoms with Crippen LogP contribution in [0.2, 0.25) is 5.02 Å². The van der Waals surface area contributed by atoms with Crippen LogP contribution in [0.25, 0.3) is 5.82 Å². The highest BCUT2D eigenvalue weighted by Gasteiger charge is 2.27. The highest BCUT2D eigenvalue weighted by Crippen LogP contribution is 2.27. The summed E-state index contributed by atoms with van der Waals surface area (Å²) in [4.78, 5) is 31.7. The molecule has 0 aliphatic heterocycles. The van der Waals surface area contributed by atoms with Gasteiger partial charge in [-0.3, -0.25) is 9.59 Å². The fourth-order valence-corrected chi connectivity index (χ4v) is 3.99. The lowest BCUT2D eigenvalue weighted by atomic mass is 10.0. The molecule has 39 heavy (non-hydrogen) atoms. The van der Waals surface area contributed by atoms with E-state index in [9.17, 15) is 23.6 Å². The van der Waals surface area contributed by atoms with Gasteiger partial charge in [0.15, 0.2) is 5.82 Å². The normalized spacial score (nSPS) is 12.8. The van der Waals surface area contributed by atoms with Gasteiger partial charge < -0.3 is 10.6 Å². The molecule has 0 spiro atoms. The van der Waals surface area contributed by atoms with Gasteiger partial charge in [0.25, 0.3) is 11.8 Å². The van der Waals surface area contributed by atoms with Crippen molar-refractivity contribution in [3.63, 3.8) is 0 Å². The van der Waals surface area contributed by atoms with Crippen molar-refractivity contribution in [2.45, 2.75) is 38.8 Å². The van der Waals surface area contributed by atoms with E-state index in [0.717, 1.165) is 17.6 Å². The molecule has 1 aliphatic rings. The zero-order valence-electron chi connectivity index (χ0n) is 20.3. The van der Waals surface area contributed by atoms with Crippen LogP contribution in [0.1, 0.15) is 62.8 Å². The van der Waals surface area contributed by atoms with Crippen LogP contribution in [-0.4, -0.2) is 52.8 Å². The van der Waals surface area contributed by atoms with E-state index in [1.807, 2.05) is 6.07 Å². The summed E-state index contributed by atoms with van der Waals surface area (Å²) in [6.07, 6.45) is 0.281. The Morgan fingerprint density at radius 3 is 2.69 bits per heavy atom. The number of benzene rings is 1. The van der Waals surface area contributed by atoms with Crippen LogP contribution in [-0.2, 0) is 6.54 Å². The average Bonchev–Trinajstić information content (AvgIpc) is 3.42. The molecule has 3 aromatic heterocycles. The largest absolute Gasteiger partial charge is 0.349 e. The fourth-order valence-electron chi connectivity index (χ4n) is 3.78. The van der Waals surface area contributed by atoms with Crippen molar-refractivity contribution in [1.29, 1.82) is 5.26 Å². The van der Waals surface area contributed by atoms with Gasteiger partial charge in [0, 0.05) is 12.2 Å². The van der Waals surface area contributed by atoms with Crippen molar-refractivity contribution < 1.29 is 18.4 Å². The van der Waals surface area contributed by atoms with Gasteiger partial charge in [-0.25, -0.2) is 18.4 Å². The molecule has 3 heterocycles. The lowest BCUT2D eigenvalue weighted by molar-refractivity contribution is 0.0951. The van der Waals surface area contributed by atoms with Crippen LogP contribution in [0.5, 0.6) is 0 Å². The standard InChI is InChI=1S/C24H19ClF2N10O2/c1-12-7-13(10-28)8-16(23(38)30-14-4-5-14)19(12)31-24(39)18-9-15(11-36-34-21(20(26)27)32-35-36)33-37(18)22-17(25)3-2-6-29-22/h2-3,6-9,14,20H,4-5,11H2,1H3,(H,30,38)(H,31,39). The second-order valence-electron chi connectivity index (χ2n) is 8.75. The summed E-state index contributed by atoms with van der Waals surface area (Å²) in [6, 6.07) is 9.60. The molecule has 1 aromatic carbocycles. The molecule has 1 aliphatic carbocycles. The van der Waals surface area contributed by atoms with E-state index in [2.05, 4.69) is 36.1 Å². The summed E-state index contributed by atoms with van der Waals surface area (Å²) in [5, 5.41) is 30.1. The zero-order chi connectivity index (χ0) is 27.7. The van der Waals surface area contributed by atoms with Crippen LogP contribution in [0, 0.1) is 18.3 Å². The number of carbonyl (C=O) groups is 2. The molecule has 0 radical (unpaired) electrons. The molecule has 2 amide bonds. The van der Waals surface area contributed by atoms with Crippen LogP contribution >= 0.6 is 11.6 Å². The number of hydrogen-bond acceptors (Lipinski definition) is 8. The summed E-state index contributed by atoms with van der Waals surface area (Å²) in [5.41, 5.74) is 1.33. The van der Waals surface area contributed by atoms with E-state index >= 15 is 0 Å². The molecule has 5 rings (SSSR count). The van der Waals surface area contributed by atoms with Crippen molar-refractivity contribution in [1.82, 2.24) is 40.3 Å². The zero-order valence-corrected chi connectivity index (χ0v) is 21.0. The average molecular weight is 553 g/mol. The highest BCUT2D eigenvalue weighted by molar-refractivity contribution is 6.32. The lowest BCUT2D eigenvalue weighted by Crippen LogP contribution is -2.28. The summed E-state index contributed by atoms with van der Waals surface area (Å²) in [5.74, 6) is -1.68. The van der Waals surface area contributed by atoms with E-state index in [0.29, 0.717) is 5.56 Å². The molecule has 15 heteroatoms. The fraction of sp³-hybridized carbons (Fsp3) is 0.250. The first kappa shape index (κ1) is 25.9. The van der Waals surface area contributed by atoms with Gasteiger partial charge in [-0.05, 0) is 60.9 Å². The Hall–Kier alpha value is -4.77. The number of amides is 2. The van der Waals surface area contributed by atoms with Gasteiger partial charge in [0.2, 0.25) is 5.82 Å². The van der Waals surface area contributed by atoms with E-state index in [4.69, 9.17) is 11.6 Å². The maximum atomic E-state index is 13.6. The number of alkyl halides is 2. The first-order chi connectivity index (χ1) is 18.7. The SMILES string of the molecule is Cc1cc(C#N)cc(C(=O)NC2CC2)c1NC(=O)c1cc(Cn2nnc(C(F)F)n2)nn1-c1ncccc1Cl. The molecule has 0 bridgehead atoms. The minimum atomic E-state index is -2.90. The predicted molar refractivity (Wildman–Crippen MR) is 133 cm³/mol. The highest BCUT2D eigenvalue weighted by atomic mass is 35.5. The third-order valence-electron chi connectivity index (χ3n) is 5.76. The van der Waals surface area contributed by atoms with Crippen molar-refractivity contribution in [3.05, 3.63) is 75.5 Å². The van der Waals surface area contributed by atoms with Crippen molar-refractivity contribution in [2.24, 2.45) is 0 Å². The van der Waals surface area contributed by atoms with Crippen LogP contribution in [0.15, 0.2) is 36.5 Å². The van der Waals surface area contributed by atoms with Gasteiger partial charge in [-0.1, -0.05) is 11.6 Å². The van der Waals surface area contributed by atoms with Crippen LogP contribution < -0.4 is 10.6 Å². The minimum Gasteiger partial charge on any atom is -0.349 e. The van der Waals surface area contributed by atoms with Gasteiger partial charge in [-0.15, -0.1) is 10.2 Å². The molecular formula is C24H19ClF2N10O2. The topological polar surface area (TPSA) is 156 Å². The third-order valence-corrected chi connectivity index (χ3v) is 6.05. The third kappa shape index (κ3) is 5.58. The van der Waals surface area contributed by atoms with Crippen LogP contribution in [0.3, 0.4) is 0 Å². The van der Waals surface area contributed by atoms with Crippen molar-refractivity contribution in [2.75, 3.05) is 5.32 Å². The number of aromatic nitrogens is 7. The Kier molecular flexibility index (Phi) is 6.99. The number of carbonyl (C=O) groups excluding carboxylic acids is 2. The number of nitriles is 1. The molecule has 4 aromatic rings. The Bertz CT molecular complexity index is 1620. The van der Waals surface area contributed by atoms with E-state index in [1.165, 1.54) is 23.0 Å². The van der Waals surface area contributed by atoms with Gasteiger partial charge >= 0.3 is 6.43 Å². The number of nitrogens with one attached hydrogen (secondary N) is 2. The number of anilines is 1. The summed E-state index contributed by atoms with van der Waals surface area (Å²) < 4.78 is 27.0. The maximum absolute atomic E-state index is 13.6. The van der Waals surface area contributed by atoms with Gasteiger partial charge in [0.1, 0.15) is 12.2 Å². The molecule has 198 valence electrons. The summed E-state index contributed by atoms with van der Waals surface area (Å²) in [6.45, 7) is 1.49. The quantitative estimate of drug-likeness (QED) is 0.337. The van der Waals surface area contributed by atoms with Gasteiger partial charge in [-0.2, -0.15) is 15.2 Å². The van der Waals surface area contributed by atoms with E-state index in [1.54, 1.807) is 25.1 Å². The van der Waals surface area contributed by atoms with Crippen LogP contribution in [0.4, 0.5) is 14.5 Å². The molecule has 0 unspecified atom stereocenters. The number of halogens is 3. The number of pyridine rings is 1. The Morgan fingerprint density at radius 1 is 1.23 bits per heavy atom. The molecule has 1 saturated carbocycles. The molecule has 0 atom stereocenters. The molecule has 12 nitrogen and oxygen atoms in total. The van der Waals surface area contributed by atoms with E-state index < -0.39 is 24.1 Å². The number of hydrogen-bond donors (Lipinski definition) is 2. The molecule has 1 fully saturated rings. The number of rotatable bonds is 8. The first-order valence-electron chi connectivity index (χ1n) is 11.7. The maximum Gasteiger partial charge on any atom is 0.301 e. The second-order valence-corrected chi connectivity index (χ2v) is 9.16. The minimum absolute atomic E-state index is 0.0166. The Balaban J connectivity index is 1.52. The summed E-state index contributed by atoms with van der Waals surface area (Å²) in [7, 11) is 0. The number of aryl methyl sites for hydroxylation is 1.